The largest absolute Gasteiger partial charge is 0.444 e. The Hall–Kier alpha value is -1.43. The summed E-state index contributed by atoms with van der Waals surface area (Å²) in [6.45, 7) is 4.91. The first-order chi connectivity index (χ1) is 8.99. The van der Waals surface area contributed by atoms with Crippen molar-refractivity contribution in [3.63, 3.8) is 0 Å². The number of ether oxygens (including phenoxy) is 1. The van der Waals surface area contributed by atoms with E-state index in [4.69, 9.17) is 16.3 Å². The van der Waals surface area contributed by atoms with Gasteiger partial charge in [0.25, 0.3) is 0 Å². The molecule has 1 N–H and O–H groups in total. The quantitative estimate of drug-likeness (QED) is 0.880. The zero-order valence-corrected chi connectivity index (χ0v) is 12.0. The zero-order valence-electron chi connectivity index (χ0n) is 11.3. The van der Waals surface area contributed by atoms with Crippen LogP contribution in [0.4, 0.5) is 18.0 Å². The molecule has 0 heterocycles. The van der Waals surface area contributed by atoms with E-state index < -0.39 is 23.4 Å². The third-order valence-electron chi connectivity index (χ3n) is 2.20. The summed E-state index contributed by atoms with van der Waals surface area (Å²) in [5, 5.41) is 2.51. The molecule has 3 nitrogen and oxygen atoms in total. The van der Waals surface area contributed by atoms with Gasteiger partial charge in [-0.2, -0.15) is 13.2 Å². The molecule has 0 saturated carbocycles. The first-order valence-electron chi connectivity index (χ1n) is 5.81. The summed E-state index contributed by atoms with van der Waals surface area (Å²) in [4.78, 5) is 11.4. The van der Waals surface area contributed by atoms with Crippen LogP contribution < -0.4 is 5.32 Å². The number of alkyl halides is 3. The summed E-state index contributed by atoms with van der Waals surface area (Å²) >= 11 is 5.80. The fourth-order valence-electron chi connectivity index (χ4n) is 1.37. The Labute approximate surface area is 120 Å². The van der Waals surface area contributed by atoms with Crippen molar-refractivity contribution >= 4 is 17.7 Å². The highest BCUT2D eigenvalue weighted by Crippen LogP contribution is 2.31. The molecule has 0 atom stereocenters. The van der Waals surface area contributed by atoms with Crippen LogP contribution in [0, 0.1) is 0 Å². The van der Waals surface area contributed by atoms with Gasteiger partial charge >= 0.3 is 12.3 Å². The van der Waals surface area contributed by atoms with Gasteiger partial charge in [0.05, 0.1) is 5.56 Å². The summed E-state index contributed by atoms with van der Waals surface area (Å²) < 4.78 is 42.7. The average molecular weight is 310 g/mol. The number of rotatable bonds is 2. The lowest BCUT2D eigenvalue weighted by Gasteiger charge is -2.20. The van der Waals surface area contributed by atoms with E-state index in [1.807, 2.05) is 0 Å². The molecule has 112 valence electrons. The number of nitrogens with one attached hydrogen (secondary N) is 1. The highest BCUT2D eigenvalue weighted by atomic mass is 35.5. The first-order valence-corrected chi connectivity index (χ1v) is 6.19. The highest BCUT2D eigenvalue weighted by Gasteiger charge is 2.30. The summed E-state index contributed by atoms with van der Waals surface area (Å²) in [6.07, 6.45) is -5.17. The van der Waals surface area contributed by atoms with E-state index in [0.29, 0.717) is 0 Å². The molecule has 0 spiro atoms. The van der Waals surface area contributed by atoms with Crippen molar-refractivity contribution in [2.75, 3.05) is 0 Å². The van der Waals surface area contributed by atoms with E-state index in [-0.39, 0.29) is 17.1 Å². The molecule has 0 bridgehead atoms. The monoisotopic (exact) mass is 309 g/mol. The minimum atomic E-state index is -4.45. The van der Waals surface area contributed by atoms with Gasteiger partial charge in [-0.1, -0.05) is 11.6 Å². The van der Waals surface area contributed by atoms with Crippen LogP contribution in [0.3, 0.4) is 0 Å². The van der Waals surface area contributed by atoms with Crippen LogP contribution in [-0.4, -0.2) is 11.7 Å². The summed E-state index contributed by atoms with van der Waals surface area (Å²) in [5.41, 5.74) is -1.32. The molecule has 1 rings (SSSR count). The highest BCUT2D eigenvalue weighted by molar-refractivity contribution is 6.31. The van der Waals surface area contributed by atoms with Crippen LogP contribution in [-0.2, 0) is 17.5 Å². The standard InChI is InChI=1S/C13H15ClF3NO2/c1-12(2,3)20-11(19)18-7-8-6-9(13(15,16)17)4-5-10(8)14/h4-6H,7H2,1-3H3,(H,18,19). The Morgan fingerprint density at radius 1 is 1.30 bits per heavy atom. The smallest absolute Gasteiger partial charge is 0.416 e. The van der Waals surface area contributed by atoms with Crippen molar-refractivity contribution in [1.82, 2.24) is 5.32 Å². The molecule has 0 aliphatic heterocycles. The van der Waals surface area contributed by atoms with Crippen LogP contribution in [0.25, 0.3) is 0 Å². The molecule has 0 unspecified atom stereocenters. The molecule has 1 aromatic carbocycles. The number of hydrogen-bond donors (Lipinski definition) is 1. The molecule has 0 aliphatic carbocycles. The van der Waals surface area contributed by atoms with Gasteiger partial charge < -0.3 is 10.1 Å². The lowest BCUT2D eigenvalue weighted by Crippen LogP contribution is -2.32. The molecule has 0 saturated heterocycles. The fraction of sp³-hybridized carbons (Fsp3) is 0.462. The Bertz CT molecular complexity index is 495. The lowest BCUT2D eigenvalue weighted by atomic mass is 10.1. The molecule has 0 aliphatic rings. The van der Waals surface area contributed by atoms with E-state index >= 15 is 0 Å². The van der Waals surface area contributed by atoms with E-state index in [1.54, 1.807) is 20.8 Å². The van der Waals surface area contributed by atoms with Crippen molar-refractivity contribution < 1.29 is 22.7 Å². The van der Waals surface area contributed by atoms with Crippen molar-refractivity contribution in [1.29, 1.82) is 0 Å². The third-order valence-corrected chi connectivity index (χ3v) is 2.56. The van der Waals surface area contributed by atoms with E-state index in [1.165, 1.54) is 0 Å². The van der Waals surface area contributed by atoms with Crippen molar-refractivity contribution in [3.8, 4) is 0 Å². The zero-order chi connectivity index (χ0) is 15.6. The van der Waals surface area contributed by atoms with Crippen molar-refractivity contribution in [2.24, 2.45) is 0 Å². The van der Waals surface area contributed by atoms with E-state index in [0.717, 1.165) is 18.2 Å². The van der Waals surface area contributed by atoms with E-state index in [2.05, 4.69) is 5.32 Å². The van der Waals surface area contributed by atoms with Crippen molar-refractivity contribution in [2.45, 2.75) is 39.1 Å². The normalized spacial score (nSPS) is 12.2. The van der Waals surface area contributed by atoms with Gasteiger partial charge in [0, 0.05) is 11.6 Å². The van der Waals surface area contributed by atoms with Crippen LogP contribution in [0.15, 0.2) is 18.2 Å². The predicted molar refractivity (Wildman–Crippen MR) is 69.5 cm³/mol. The number of halogens is 4. The average Bonchev–Trinajstić information content (AvgIpc) is 2.24. The van der Waals surface area contributed by atoms with Gasteiger partial charge in [0.15, 0.2) is 0 Å². The topological polar surface area (TPSA) is 38.3 Å². The molecule has 1 aromatic rings. The van der Waals surface area contributed by atoms with Gasteiger partial charge in [-0.15, -0.1) is 0 Å². The second-order valence-electron chi connectivity index (χ2n) is 5.16. The SMILES string of the molecule is CC(C)(C)OC(=O)NCc1cc(C(F)(F)F)ccc1Cl. The molecule has 0 fully saturated rings. The van der Waals surface area contributed by atoms with Crippen LogP contribution in [0.5, 0.6) is 0 Å². The second-order valence-corrected chi connectivity index (χ2v) is 5.57. The Morgan fingerprint density at radius 2 is 1.90 bits per heavy atom. The van der Waals surface area contributed by atoms with Gasteiger partial charge in [0.2, 0.25) is 0 Å². The minimum Gasteiger partial charge on any atom is -0.444 e. The summed E-state index contributed by atoms with van der Waals surface area (Å²) in [7, 11) is 0. The molecule has 1 amide bonds. The number of benzene rings is 1. The Balaban J connectivity index is 2.75. The number of carbonyl (C=O) groups excluding carboxylic acids is 1. The number of alkyl carbamates (subject to hydrolysis) is 1. The van der Waals surface area contributed by atoms with E-state index in [9.17, 15) is 18.0 Å². The summed E-state index contributed by atoms with van der Waals surface area (Å²) in [5.74, 6) is 0. The Morgan fingerprint density at radius 3 is 2.40 bits per heavy atom. The maximum absolute atomic E-state index is 12.6. The molecule has 7 heteroatoms. The molecule has 20 heavy (non-hydrogen) atoms. The van der Waals surface area contributed by atoms with Crippen LogP contribution in [0.2, 0.25) is 5.02 Å². The van der Waals surface area contributed by atoms with Gasteiger partial charge in [-0.3, -0.25) is 0 Å². The molecular weight excluding hydrogens is 295 g/mol. The maximum Gasteiger partial charge on any atom is 0.416 e. The van der Waals surface area contributed by atoms with Gasteiger partial charge in [-0.05, 0) is 44.5 Å². The molecular formula is C13H15ClF3NO2. The number of hydrogen-bond acceptors (Lipinski definition) is 2. The van der Waals surface area contributed by atoms with Crippen LogP contribution >= 0.6 is 11.6 Å². The lowest BCUT2D eigenvalue weighted by molar-refractivity contribution is -0.137. The molecule has 0 radical (unpaired) electrons. The Kier molecular flexibility index (Phi) is 4.91. The predicted octanol–water partition coefficient (Wildman–Crippen LogP) is 4.38. The van der Waals surface area contributed by atoms with Gasteiger partial charge in [-0.25, -0.2) is 4.79 Å². The first kappa shape index (κ1) is 16.6. The van der Waals surface area contributed by atoms with Gasteiger partial charge in [0.1, 0.15) is 5.60 Å². The number of carbonyl (C=O) groups is 1. The maximum atomic E-state index is 12.6. The minimum absolute atomic E-state index is 0.141. The summed E-state index contributed by atoms with van der Waals surface area (Å²) in [6, 6.07) is 2.94. The van der Waals surface area contributed by atoms with Crippen LogP contribution in [0.1, 0.15) is 31.9 Å². The number of amides is 1. The second kappa shape index (κ2) is 5.91. The fourth-order valence-corrected chi connectivity index (χ4v) is 1.55. The van der Waals surface area contributed by atoms with Crippen molar-refractivity contribution in [3.05, 3.63) is 34.3 Å². The molecule has 0 aromatic heterocycles. The third kappa shape index (κ3) is 5.28.